The van der Waals surface area contributed by atoms with Crippen molar-refractivity contribution in [3.8, 4) is 11.1 Å². The average molecular weight is 500 g/mol. The van der Waals surface area contributed by atoms with Crippen LogP contribution in [0.15, 0.2) is 66.9 Å². The van der Waals surface area contributed by atoms with E-state index in [0.717, 1.165) is 35.5 Å². The number of carboxylic acids is 1. The summed E-state index contributed by atoms with van der Waals surface area (Å²) in [4.78, 5) is 27.2. The van der Waals surface area contributed by atoms with Gasteiger partial charge >= 0.3 is 12.1 Å². The molecule has 0 saturated carbocycles. The molecule has 6 nitrogen and oxygen atoms in total. The molecule has 2 aromatic carbocycles. The van der Waals surface area contributed by atoms with Gasteiger partial charge in [0.05, 0.1) is 29.3 Å². The first-order valence-electron chi connectivity index (χ1n) is 11.5. The van der Waals surface area contributed by atoms with E-state index < -0.39 is 17.7 Å². The molecule has 0 saturated heterocycles. The van der Waals surface area contributed by atoms with E-state index in [9.17, 15) is 22.8 Å². The summed E-state index contributed by atoms with van der Waals surface area (Å²) in [5, 5.41) is 14.7. The van der Waals surface area contributed by atoms with Crippen LogP contribution in [0, 0.1) is 5.92 Å². The molecule has 1 atom stereocenters. The number of rotatable bonds is 10. The fourth-order valence-corrected chi connectivity index (χ4v) is 3.67. The molecule has 0 spiro atoms. The van der Waals surface area contributed by atoms with Crippen LogP contribution < -0.4 is 10.6 Å². The number of carbonyl (C=O) groups is 2. The molecule has 36 heavy (non-hydrogen) atoms. The minimum Gasteiger partial charge on any atom is -0.481 e. The first-order chi connectivity index (χ1) is 17.0. The van der Waals surface area contributed by atoms with Gasteiger partial charge in [-0.3, -0.25) is 14.6 Å². The van der Waals surface area contributed by atoms with E-state index in [-0.39, 0.29) is 24.9 Å². The van der Waals surface area contributed by atoms with Crippen LogP contribution in [0.3, 0.4) is 0 Å². The Bertz CT molecular complexity index is 1160. The van der Waals surface area contributed by atoms with Crippen LogP contribution in [-0.2, 0) is 11.0 Å². The minimum atomic E-state index is -4.37. The fraction of sp³-hybridized carbons (Fsp3) is 0.296. The number of aliphatic carboxylic acids is 1. The molecule has 0 radical (unpaired) electrons. The van der Waals surface area contributed by atoms with E-state index in [4.69, 9.17) is 5.11 Å². The second-order valence-electron chi connectivity index (χ2n) is 8.85. The SMILES string of the molecule is CC(C)C[C@@H](Nc1ccc(-c2ccc(C(F)(F)F)cc2)cc1)c1ccc(C(=O)NCCC(=O)O)cn1. The lowest BCUT2D eigenvalue weighted by Crippen LogP contribution is -2.26. The fourth-order valence-electron chi connectivity index (χ4n) is 3.67. The van der Waals surface area contributed by atoms with Crippen LogP contribution >= 0.6 is 0 Å². The molecule has 3 aromatic rings. The van der Waals surface area contributed by atoms with Gasteiger partial charge in [-0.05, 0) is 59.9 Å². The predicted octanol–water partition coefficient (Wildman–Crippen LogP) is 6.17. The highest BCUT2D eigenvalue weighted by atomic mass is 19.4. The summed E-state index contributed by atoms with van der Waals surface area (Å²) in [7, 11) is 0. The van der Waals surface area contributed by atoms with Crippen LogP contribution in [0.1, 0.15) is 54.3 Å². The molecule has 0 unspecified atom stereocenters. The summed E-state index contributed by atoms with van der Waals surface area (Å²) in [6.07, 6.45) is -2.28. The Kier molecular flexibility index (Phi) is 8.68. The van der Waals surface area contributed by atoms with Crippen molar-refractivity contribution in [1.82, 2.24) is 10.3 Å². The number of hydrogen-bond donors (Lipinski definition) is 3. The smallest absolute Gasteiger partial charge is 0.416 e. The van der Waals surface area contributed by atoms with Gasteiger partial charge < -0.3 is 15.7 Å². The molecule has 1 heterocycles. The van der Waals surface area contributed by atoms with Crippen molar-refractivity contribution in [3.05, 3.63) is 83.7 Å². The normalized spacial score (nSPS) is 12.3. The number of nitrogens with one attached hydrogen (secondary N) is 2. The first kappa shape index (κ1) is 26.7. The number of carboxylic acid groups (broad SMARTS) is 1. The Morgan fingerprint density at radius 3 is 2.06 bits per heavy atom. The van der Waals surface area contributed by atoms with E-state index >= 15 is 0 Å². The van der Waals surface area contributed by atoms with E-state index in [1.165, 1.54) is 18.3 Å². The molecule has 0 aliphatic heterocycles. The molecule has 9 heteroatoms. The molecule has 0 aliphatic rings. The summed E-state index contributed by atoms with van der Waals surface area (Å²) in [5.74, 6) is -1.02. The molecule has 1 aromatic heterocycles. The first-order valence-corrected chi connectivity index (χ1v) is 11.5. The van der Waals surface area contributed by atoms with Crippen molar-refractivity contribution in [2.75, 3.05) is 11.9 Å². The van der Waals surface area contributed by atoms with E-state index in [2.05, 4.69) is 29.5 Å². The minimum absolute atomic E-state index is 0.0376. The zero-order chi connectivity index (χ0) is 26.3. The van der Waals surface area contributed by atoms with Crippen LogP contribution in [-0.4, -0.2) is 28.5 Å². The Hall–Kier alpha value is -3.88. The van der Waals surface area contributed by atoms with E-state index in [1.807, 2.05) is 24.3 Å². The Morgan fingerprint density at radius 2 is 1.56 bits per heavy atom. The Morgan fingerprint density at radius 1 is 0.944 bits per heavy atom. The summed E-state index contributed by atoms with van der Waals surface area (Å²) in [6.45, 7) is 4.22. The monoisotopic (exact) mass is 499 g/mol. The number of carbonyl (C=O) groups excluding carboxylic acids is 1. The van der Waals surface area contributed by atoms with Gasteiger partial charge in [0.25, 0.3) is 5.91 Å². The lowest BCUT2D eigenvalue weighted by atomic mass is 9.99. The summed E-state index contributed by atoms with van der Waals surface area (Å²) in [6, 6.07) is 15.8. The lowest BCUT2D eigenvalue weighted by molar-refractivity contribution is -0.138. The maximum absolute atomic E-state index is 12.8. The van der Waals surface area contributed by atoms with Gasteiger partial charge in [-0.25, -0.2) is 0 Å². The maximum Gasteiger partial charge on any atom is 0.416 e. The van der Waals surface area contributed by atoms with Crippen LogP contribution in [0.25, 0.3) is 11.1 Å². The van der Waals surface area contributed by atoms with Crippen molar-refractivity contribution in [1.29, 1.82) is 0 Å². The maximum atomic E-state index is 12.8. The number of aromatic nitrogens is 1. The molecule has 3 N–H and O–H groups in total. The van der Waals surface area contributed by atoms with Crippen molar-refractivity contribution in [2.24, 2.45) is 5.92 Å². The second kappa shape index (κ2) is 11.7. The van der Waals surface area contributed by atoms with Gasteiger partial charge in [0.2, 0.25) is 0 Å². The molecule has 1 amide bonds. The van der Waals surface area contributed by atoms with Crippen molar-refractivity contribution >= 4 is 17.6 Å². The third kappa shape index (κ3) is 7.56. The van der Waals surface area contributed by atoms with Gasteiger partial charge in [0.15, 0.2) is 0 Å². The van der Waals surface area contributed by atoms with Crippen molar-refractivity contribution in [3.63, 3.8) is 0 Å². The standard InChI is InChI=1S/C27H28F3N3O3/c1-17(2)15-24(23-12-7-20(16-32-23)26(36)31-14-13-25(34)35)33-22-10-5-19(6-11-22)18-3-8-21(9-4-18)27(28,29)30/h3-12,16-17,24,33H,13-15H2,1-2H3,(H,31,36)(H,34,35)/t24-/m1/s1. The van der Waals surface area contributed by atoms with Gasteiger partial charge in [-0.1, -0.05) is 38.1 Å². The highest BCUT2D eigenvalue weighted by Crippen LogP contribution is 2.32. The topological polar surface area (TPSA) is 91.3 Å². The molecule has 0 fully saturated rings. The van der Waals surface area contributed by atoms with Gasteiger partial charge in [-0.2, -0.15) is 13.2 Å². The number of amides is 1. The number of alkyl halides is 3. The summed E-state index contributed by atoms with van der Waals surface area (Å²) < 4.78 is 38.4. The van der Waals surface area contributed by atoms with E-state index in [1.54, 1.807) is 12.1 Å². The Labute approximate surface area is 207 Å². The number of anilines is 1. The third-order valence-electron chi connectivity index (χ3n) is 5.51. The molecule has 0 bridgehead atoms. The predicted molar refractivity (Wildman–Crippen MR) is 132 cm³/mol. The van der Waals surface area contributed by atoms with Crippen LogP contribution in [0.5, 0.6) is 0 Å². The number of pyridine rings is 1. The largest absolute Gasteiger partial charge is 0.481 e. The number of halogens is 3. The Balaban J connectivity index is 1.70. The molecular weight excluding hydrogens is 471 g/mol. The highest BCUT2D eigenvalue weighted by molar-refractivity contribution is 5.94. The number of benzene rings is 2. The van der Waals surface area contributed by atoms with Crippen LogP contribution in [0.4, 0.5) is 18.9 Å². The van der Waals surface area contributed by atoms with Crippen LogP contribution in [0.2, 0.25) is 0 Å². The van der Waals surface area contributed by atoms with Gasteiger partial charge in [0, 0.05) is 18.4 Å². The highest BCUT2D eigenvalue weighted by Gasteiger charge is 2.30. The molecular formula is C27H28F3N3O3. The zero-order valence-electron chi connectivity index (χ0n) is 20.0. The zero-order valence-corrected chi connectivity index (χ0v) is 20.0. The molecule has 3 rings (SSSR count). The summed E-state index contributed by atoms with van der Waals surface area (Å²) in [5.41, 5.74) is 2.72. The van der Waals surface area contributed by atoms with Gasteiger partial charge in [-0.15, -0.1) is 0 Å². The van der Waals surface area contributed by atoms with Gasteiger partial charge in [0.1, 0.15) is 0 Å². The third-order valence-corrected chi connectivity index (χ3v) is 5.51. The number of nitrogens with zero attached hydrogens (tertiary/aromatic N) is 1. The van der Waals surface area contributed by atoms with Crippen molar-refractivity contribution in [2.45, 2.75) is 38.9 Å². The molecule has 0 aliphatic carbocycles. The lowest BCUT2D eigenvalue weighted by Gasteiger charge is -2.22. The number of hydrogen-bond acceptors (Lipinski definition) is 4. The second-order valence-corrected chi connectivity index (χ2v) is 8.85. The van der Waals surface area contributed by atoms with E-state index in [0.29, 0.717) is 17.0 Å². The average Bonchev–Trinajstić information content (AvgIpc) is 2.83. The quantitative estimate of drug-likeness (QED) is 0.310. The molecule has 190 valence electrons. The summed E-state index contributed by atoms with van der Waals surface area (Å²) >= 11 is 0. The van der Waals surface area contributed by atoms with Crippen molar-refractivity contribution < 1.29 is 27.9 Å².